The molecule has 1 heterocycles. The second kappa shape index (κ2) is 21.7. The molecule has 0 bridgehead atoms. The molecule has 7 unspecified atom stereocenters. The number of carbonyl (C=O) groups excluding carboxylic acids is 1. The van der Waals surface area contributed by atoms with E-state index in [1.165, 1.54) is 13.3 Å². The highest BCUT2D eigenvalue weighted by Crippen LogP contribution is 2.45. The normalized spacial score (nSPS) is 22.4. The molecule has 1 saturated carbocycles. The van der Waals surface area contributed by atoms with Gasteiger partial charge in [-0.25, -0.2) is 0 Å². The summed E-state index contributed by atoms with van der Waals surface area (Å²) in [5.74, 6) is 2.11. The van der Waals surface area contributed by atoms with Crippen molar-refractivity contribution < 1.29 is 38.0 Å². The fourth-order valence-corrected chi connectivity index (χ4v) is 8.38. The lowest BCUT2D eigenvalue weighted by atomic mass is 9.73. The Hall–Kier alpha value is -4.70. The first kappa shape index (κ1) is 43.4. The summed E-state index contributed by atoms with van der Waals surface area (Å²) in [6, 6.07) is 42.2. The van der Waals surface area contributed by atoms with Gasteiger partial charge in [0.2, 0.25) is 0 Å². The quantitative estimate of drug-likeness (QED) is 0.0717. The first-order valence-electron chi connectivity index (χ1n) is 21.3. The zero-order valence-corrected chi connectivity index (χ0v) is 35.6. The number of ether oxygens (including phenoxy) is 7. The van der Waals surface area contributed by atoms with Crippen LogP contribution in [0.25, 0.3) is 0 Å². The summed E-state index contributed by atoms with van der Waals surface area (Å²) in [4.78, 5) is 12.4. The van der Waals surface area contributed by atoms with Crippen LogP contribution in [0.4, 0.5) is 0 Å². The summed E-state index contributed by atoms with van der Waals surface area (Å²) in [6.45, 7) is 7.60. The Balaban J connectivity index is 1.32. The van der Waals surface area contributed by atoms with Crippen LogP contribution in [0.15, 0.2) is 127 Å². The molecule has 60 heavy (non-hydrogen) atoms. The average molecular weight is 833 g/mol. The predicted octanol–water partition coefficient (Wildman–Crippen LogP) is 10.9. The Morgan fingerprint density at radius 3 is 1.75 bits per heavy atom. The third kappa shape index (κ3) is 11.6. The van der Waals surface area contributed by atoms with E-state index in [0.29, 0.717) is 55.5 Å². The van der Waals surface area contributed by atoms with Gasteiger partial charge in [0.15, 0.2) is 0 Å². The van der Waals surface area contributed by atoms with E-state index in [1.54, 1.807) is 0 Å². The highest BCUT2D eigenvalue weighted by Gasteiger charge is 2.50. The molecule has 5 aromatic carbocycles. The van der Waals surface area contributed by atoms with Gasteiger partial charge in [0, 0.05) is 17.5 Å². The molecule has 0 N–H and O–H groups in total. The lowest BCUT2D eigenvalue weighted by Gasteiger charge is -2.46. The van der Waals surface area contributed by atoms with Crippen molar-refractivity contribution in [1.29, 1.82) is 0 Å². The highest BCUT2D eigenvalue weighted by molar-refractivity contribution is 6.31. The van der Waals surface area contributed by atoms with Gasteiger partial charge in [-0.1, -0.05) is 128 Å². The molecule has 8 nitrogen and oxygen atoms in total. The molecule has 1 aliphatic carbocycles. The Morgan fingerprint density at radius 1 is 0.650 bits per heavy atom. The van der Waals surface area contributed by atoms with Crippen LogP contribution in [0.1, 0.15) is 79.5 Å². The van der Waals surface area contributed by atoms with Crippen LogP contribution in [0.2, 0.25) is 5.02 Å². The summed E-state index contributed by atoms with van der Waals surface area (Å²) >= 11 is 7.17. The molecule has 7 rings (SSSR count). The molecule has 2 fully saturated rings. The minimum atomic E-state index is -0.735. The number of hydrogen-bond acceptors (Lipinski definition) is 8. The van der Waals surface area contributed by atoms with Crippen molar-refractivity contribution in [2.45, 2.75) is 96.8 Å². The van der Waals surface area contributed by atoms with Crippen LogP contribution in [-0.2, 0) is 54.7 Å². The molecule has 7 atom stereocenters. The van der Waals surface area contributed by atoms with E-state index in [0.717, 1.165) is 52.0 Å². The predicted molar refractivity (Wildman–Crippen MR) is 233 cm³/mol. The molecule has 1 saturated heterocycles. The molecule has 2 aliphatic rings. The fourth-order valence-electron chi connectivity index (χ4n) is 8.16. The minimum absolute atomic E-state index is 0.0506. The third-order valence-corrected chi connectivity index (χ3v) is 12.0. The molecule has 0 aromatic heterocycles. The van der Waals surface area contributed by atoms with E-state index in [2.05, 4.69) is 25.1 Å². The Bertz CT molecular complexity index is 2060. The molecule has 0 radical (unpaired) electrons. The maximum atomic E-state index is 12.4. The fraction of sp³-hybridized carbons (Fsp3) is 0.392. The zero-order valence-electron chi connectivity index (χ0n) is 34.9. The smallest absolute Gasteiger partial charge is 0.302 e. The summed E-state index contributed by atoms with van der Waals surface area (Å²) < 4.78 is 46.2. The Kier molecular flexibility index (Phi) is 15.7. The first-order chi connectivity index (χ1) is 29.4. The molecule has 316 valence electrons. The van der Waals surface area contributed by atoms with Gasteiger partial charge in [0.25, 0.3) is 0 Å². The summed E-state index contributed by atoms with van der Waals surface area (Å²) in [7, 11) is 0. The van der Waals surface area contributed by atoms with Crippen molar-refractivity contribution in [3.05, 3.63) is 166 Å². The lowest BCUT2D eigenvalue weighted by Crippen LogP contribution is -2.58. The summed E-state index contributed by atoms with van der Waals surface area (Å²) in [5.41, 5.74) is 5.76. The monoisotopic (exact) mass is 832 g/mol. The van der Waals surface area contributed by atoms with Gasteiger partial charge in [-0.15, -0.1) is 0 Å². The van der Waals surface area contributed by atoms with Crippen molar-refractivity contribution in [1.82, 2.24) is 0 Å². The van der Waals surface area contributed by atoms with Crippen LogP contribution in [0.3, 0.4) is 0 Å². The van der Waals surface area contributed by atoms with Gasteiger partial charge in [0.05, 0.1) is 33.0 Å². The van der Waals surface area contributed by atoms with Crippen molar-refractivity contribution in [3.8, 4) is 11.5 Å². The van der Waals surface area contributed by atoms with Gasteiger partial charge in [0.1, 0.15) is 48.6 Å². The van der Waals surface area contributed by atoms with E-state index in [9.17, 15) is 4.79 Å². The minimum Gasteiger partial charge on any atom is -0.494 e. The molecule has 1 aliphatic heterocycles. The van der Waals surface area contributed by atoms with E-state index >= 15 is 0 Å². The standard InChI is InChI=1S/C51H57ClO8/c1-4-40-23-24-41(40)33-56-46-29-45(52)42(27-36-21-25-43(26-22-36)54-5-2)28-44(46)48-50(58-31-38-17-11-7-12-18-38)51(59-32-39-19-13-8-14-20-39)49(47(60-48)34-55-35(3)53)57-30-37-15-9-6-10-16-37/h6-22,25-26,28-29,40-41,47-51H,4-5,23-24,27,30-34H2,1-3H3. The topological polar surface area (TPSA) is 81.7 Å². The van der Waals surface area contributed by atoms with Gasteiger partial charge in [-0.05, 0) is 90.1 Å². The number of rotatable bonds is 20. The van der Waals surface area contributed by atoms with Gasteiger partial charge >= 0.3 is 5.97 Å². The molecule has 9 heteroatoms. The second-order valence-electron chi connectivity index (χ2n) is 15.7. The first-order valence-corrected chi connectivity index (χ1v) is 21.7. The molecular formula is C51H57ClO8. The Morgan fingerprint density at radius 2 is 1.22 bits per heavy atom. The van der Waals surface area contributed by atoms with Crippen molar-refractivity contribution >= 4 is 17.6 Å². The largest absolute Gasteiger partial charge is 0.494 e. The van der Waals surface area contributed by atoms with E-state index < -0.39 is 36.5 Å². The van der Waals surface area contributed by atoms with Gasteiger partial charge in [-0.3, -0.25) is 4.79 Å². The summed E-state index contributed by atoms with van der Waals surface area (Å²) in [6.07, 6.45) is 0.495. The zero-order chi connectivity index (χ0) is 41.7. The van der Waals surface area contributed by atoms with Gasteiger partial charge < -0.3 is 33.2 Å². The molecule has 0 amide bonds. The Labute approximate surface area is 360 Å². The van der Waals surface area contributed by atoms with E-state index in [-0.39, 0.29) is 13.2 Å². The molecule has 5 aromatic rings. The van der Waals surface area contributed by atoms with Crippen molar-refractivity contribution in [2.75, 3.05) is 19.8 Å². The third-order valence-electron chi connectivity index (χ3n) is 11.6. The maximum absolute atomic E-state index is 12.4. The number of benzene rings is 5. The van der Waals surface area contributed by atoms with Crippen LogP contribution < -0.4 is 9.47 Å². The van der Waals surface area contributed by atoms with E-state index in [1.807, 2.05) is 116 Å². The molecule has 0 spiro atoms. The lowest BCUT2D eigenvalue weighted by molar-refractivity contribution is -0.273. The average Bonchev–Trinajstić information content (AvgIpc) is 3.26. The number of esters is 1. The SMILES string of the molecule is CCOc1ccc(Cc2cc(C3OC(COC(C)=O)C(OCc4ccccc4)C(OCc4ccccc4)C3OCc3ccccc3)c(OCC3CCC3CC)cc2Cl)cc1. The van der Waals surface area contributed by atoms with Crippen molar-refractivity contribution in [3.63, 3.8) is 0 Å². The second-order valence-corrected chi connectivity index (χ2v) is 16.1. The molecular weight excluding hydrogens is 776 g/mol. The van der Waals surface area contributed by atoms with Crippen molar-refractivity contribution in [2.24, 2.45) is 11.8 Å². The van der Waals surface area contributed by atoms with E-state index in [4.69, 9.17) is 44.8 Å². The maximum Gasteiger partial charge on any atom is 0.302 e. The van der Waals surface area contributed by atoms with Gasteiger partial charge in [-0.2, -0.15) is 0 Å². The van der Waals surface area contributed by atoms with Crippen LogP contribution in [0, 0.1) is 11.8 Å². The van der Waals surface area contributed by atoms with Crippen LogP contribution in [-0.4, -0.2) is 50.2 Å². The van der Waals surface area contributed by atoms with Crippen LogP contribution in [0.5, 0.6) is 11.5 Å². The summed E-state index contributed by atoms with van der Waals surface area (Å²) in [5, 5.41) is 0.596. The highest BCUT2D eigenvalue weighted by atomic mass is 35.5. The number of carbonyl (C=O) groups is 1. The van der Waals surface area contributed by atoms with Crippen LogP contribution >= 0.6 is 11.6 Å². The number of halogens is 1. The number of hydrogen-bond donors (Lipinski definition) is 0.